The Morgan fingerprint density at radius 2 is 1.48 bits per heavy atom. The Hall–Kier alpha value is -2.75. The summed E-state index contributed by atoms with van der Waals surface area (Å²) in [7, 11) is 0. The Labute approximate surface area is 148 Å². The van der Waals surface area contributed by atoms with Crippen molar-refractivity contribution >= 4 is 11.9 Å². The molecule has 0 aliphatic heterocycles. The van der Waals surface area contributed by atoms with Crippen LogP contribution in [0.15, 0.2) is 48.5 Å². The number of aromatic hydroxyl groups is 1. The van der Waals surface area contributed by atoms with Gasteiger partial charge in [-0.25, -0.2) is 0 Å². The third-order valence-electron chi connectivity index (χ3n) is 3.27. The molecule has 2 rings (SSSR count). The van der Waals surface area contributed by atoms with Gasteiger partial charge in [-0.1, -0.05) is 36.4 Å². The molecule has 0 aliphatic carbocycles. The number of phenolic OH excluding ortho intramolecular Hbond substituents is 1. The highest BCUT2D eigenvalue weighted by atomic mass is 16.5. The first kappa shape index (κ1) is 18.6. The van der Waals surface area contributed by atoms with E-state index in [1.165, 1.54) is 6.08 Å². The first-order valence-corrected chi connectivity index (χ1v) is 8.34. The molecule has 4 nitrogen and oxygen atoms in total. The molecule has 0 fully saturated rings. The van der Waals surface area contributed by atoms with Crippen LogP contribution in [0.5, 0.6) is 17.2 Å². The quantitative estimate of drug-likeness (QED) is 0.577. The minimum atomic E-state index is -0.0945. The molecule has 2 aromatic rings. The lowest BCUT2D eigenvalue weighted by Crippen LogP contribution is -2.09. The summed E-state index contributed by atoms with van der Waals surface area (Å²) in [6.45, 7) is 7.52. The molecular formula is C21H24O4. The van der Waals surface area contributed by atoms with Crippen LogP contribution in [-0.4, -0.2) is 23.1 Å². The number of benzene rings is 2. The van der Waals surface area contributed by atoms with Gasteiger partial charge in [0.25, 0.3) is 0 Å². The molecule has 0 aliphatic rings. The van der Waals surface area contributed by atoms with Crippen LogP contribution in [0.4, 0.5) is 0 Å². The summed E-state index contributed by atoms with van der Waals surface area (Å²) in [5.74, 6) is 0.542. The van der Waals surface area contributed by atoms with Gasteiger partial charge in [0.15, 0.2) is 17.3 Å². The maximum atomic E-state index is 12.2. The summed E-state index contributed by atoms with van der Waals surface area (Å²) < 4.78 is 11.3. The molecule has 0 atom stereocenters. The molecule has 0 amide bonds. The Morgan fingerprint density at radius 1 is 0.960 bits per heavy atom. The normalized spacial score (nSPS) is 11.3. The van der Waals surface area contributed by atoms with Crippen LogP contribution in [0.1, 0.15) is 43.6 Å². The zero-order valence-corrected chi connectivity index (χ0v) is 15.0. The summed E-state index contributed by atoms with van der Waals surface area (Å²) in [6, 6.07) is 12.4. The molecule has 2 aromatic carbocycles. The first-order chi connectivity index (χ1) is 11.9. The van der Waals surface area contributed by atoms with E-state index in [1.54, 1.807) is 30.3 Å². The largest absolute Gasteiger partial charge is 0.502 e. The van der Waals surface area contributed by atoms with Crippen molar-refractivity contribution < 1.29 is 19.4 Å². The van der Waals surface area contributed by atoms with E-state index in [9.17, 15) is 9.90 Å². The van der Waals surface area contributed by atoms with Gasteiger partial charge in [0.05, 0.1) is 12.2 Å². The molecular weight excluding hydrogens is 316 g/mol. The standard InChI is InChI=1S/C21H24O4/c1-14(2)24-19-12-16(13-20(21(19)23)25-15(3)4)10-11-18(22)17-8-6-5-7-9-17/h5-15,23H,1-4H3/b11-10+. The lowest BCUT2D eigenvalue weighted by atomic mass is 10.1. The molecule has 4 heteroatoms. The van der Waals surface area contributed by atoms with Crippen LogP contribution in [0, 0.1) is 0 Å². The number of ether oxygens (including phenoxy) is 2. The smallest absolute Gasteiger partial charge is 0.200 e. The molecule has 132 valence electrons. The molecule has 0 aromatic heterocycles. The third kappa shape index (κ3) is 5.38. The van der Waals surface area contributed by atoms with E-state index in [0.717, 1.165) is 0 Å². The monoisotopic (exact) mass is 340 g/mol. The van der Waals surface area contributed by atoms with Crippen molar-refractivity contribution in [1.29, 1.82) is 0 Å². The molecule has 1 N–H and O–H groups in total. The highest BCUT2D eigenvalue weighted by Crippen LogP contribution is 2.39. The van der Waals surface area contributed by atoms with Crippen LogP contribution < -0.4 is 9.47 Å². The van der Waals surface area contributed by atoms with Crippen molar-refractivity contribution in [3.8, 4) is 17.2 Å². The van der Waals surface area contributed by atoms with E-state index in [-0.39, 0.29) is 23.7 Å². The second-order valence-corrected chi connectivity index (χ2v) is 6.26. The summed E-state index contributed by atoms with van der Waals surface area (Å²) in [5, 5.41) is 10.3. The van der Waals surface area contributed by atoms with E-state index in [4.69, 9.17) is 9.47 Å². The fourth-order valence-corrected chi connectivity index (χ4v) is 2.26. The topological polar surface area (TPSA) is 55.8 Å². The average molecular weight is 340 g/mol. The second-order valence-electron chi connectivity index (χ2n) is 6.26. The van der Waals surface area contributed by atoms with Crippen LogP contribution in [-0.2, 0) is 0 Å². The van der Waals surface area contributed by atoms with E-state index in [2.05, 4.69) is 0 Å². The lowest BCUT2D eigenvalue weighted by Gasteiger charge is -2.17. The van der Waals surface area contributed by atoms with Crippen LogP contribution in [0.25, 0.3) is 6.08 Å². The number of rotatable bonds is 7. The van der Waals surface area contributed by atoms with Gasteiger partial charge in [-0.15, -0.1) is 0 Å². The van der Waals surface area contributed by atoms with E-state index >= 15 is 0 Å². The lowest BCUT2D eigenvalue weighted by molar-refractivity contribution is 0.104. The van der Waals surface area contributed by atoms with Gasteiger partial charge in [0.2, 0.25) is 5.75 Å². The molecule has 0 radical (unpaired) electrons. The fourth-order valence-electron chi connectivity index (χ4n) is 2.26. The number of carbonyl (C=O) groups excluding carboxylic acids is 1. The Kier molecular flexibility index (Phi) is 6.23. The third-order valence-corrected chi connectivity index (χ3v) is 3.27. The predicted molar refractivity (Wildman–Crippen MR) is 99.4 cm³/mol. The molecule has 0 spiro atoms. The van der Waals surface area contributed by atoms with Gasteiger partial charge in [-0.05, 0) is 51.5 Å². The van der Waals surface area contributed by atoms with Crippen LogP contribution in [0.3, 0.4) is 0 Å². The van der Waals surface area contributed by atoms with E-state index < -0.39 is 0 Å². The number of carbonyl (C=O) groups is 1. The van der Waals surface area contributed by atoms with Gasteiger partial charge in [0, 0.05) is 5.56 Å². The number of hydrogen-bond acceptors (Lipinski definition) is 4. The van der Waals surface area contributed by atoms with Gasteiger partial charge in [-0.2, -0.15) is 0 Å². The van der Waals surface area contributed by atoms with Crippen molar-refractivity contribution in [1.82, 2.24) is 0 Å². The number of ketones is 1. The number of allylic oxidation sites excluding steroid dienone is 1. The minimum absolute atomic E-state index is 0.0334. The average Bonchev–Trinajstić information content (AvgIpc) is 2.56. The Morgan fingerprint density at radius 3 is 1.96 bits per heavy atom. The number of phenols is 1. The molecule has 25 heavy (non-hydrogen) atoms. The summed E-state index contributed by atoms with van der Waals surface area (Å²) in [5.41, 5.74) is 1.34. The van der Waals surface area contributed by atoms with Gasteiger partial charge in [-0.3, -0.25) is 4.79 Å². The molecule has 0 bridgehead atoms. The Bertz CT molecular complexity index is 715. The second kappa shape index (κ2) is 8.38. The van der Waals surface area contributed by atoms with Gasteiger partial charge < -0.3 is 14.6 Å². The summed E-state index contributed by atoms with van der Waals surface area (Å²) in [6.07, 6.45) is 3.00. The molecule has 0 saturated heterocycles. The predicted octanol–water partition coefficient (Wildman–Crippen LogP) is 4.86. The van der Waals surface area contributed by atoms with Crippen LogP contribution in [0.2, 0.25) is 0 Å². The fraction of sp³-hybridized carbons (Fsp3) is 0.286. The van der Waals surface area contributed by atoms with E-state index in [0.29, 0.717) is 22.6 Å². The summed E-state index contributed by atoms with van der Waals surface area (Å²) in [4.78, 5) is 12.2. The van der Waals surface area contributed by atoms with Crippen molar-refractivity contribution in [3.05, 3.63) is 59.7 Å². The highest BCUT2D eigenvalue weighted by molar-refractivity contribution is 6.06. The maximum absolute atomic E-state index is 12.2. The zero-order chi connectivity index (χ0) is 18.4. The van der Waals surface area contributed by atoms with Gasteiger partial charge >= 0.3 is 0 Å². The molecule has 0 unspecified atom stereocenters. The van der Waals surface area contributed by atoms with Crippen molar-refractivity contribution in [2.75, 3.05) is 0 Å². The highest BCUT2D eigenvalue weighted by Gasteiger charge is 2.14. The molecule has 0 saturated carbocycles. The van der Waals surface area contributed by atoms with E-state index in [1.807, 2.05) is 45.9 Å². The molecule has 0 heterocycles. The Balaban J connectivity index is 2.32. The SMILES string of the molecule is CC(C)Oc1cc(/C=C/C(=O)c2ccccc2)cc(OC(C)C)c1O. The maximum Gasteiger partial charge on any atom is 0.200 e. The van der Waals surface area contributed by atoms with Gasteiger partial charge in [0.1, 0.15) is 0 Å². The first-order valence-electron chi connectivity index (χ1n) is 8.34. The summed E-state index contributed by atoms with van der Waals surface area (Å²) >= 11 is 0. The zero-order valence-electron chi connectivity index (χ0n) is 15.0. The van der Waals surface area contributed by atoms with Crippen molar-refractivity contribution in [2.24, 2.45) is 0 Å². The van der Waals surface area contributed by atoms with Crippen molar-refractivity contribution in [2.45, 2.75) is 39.9 Å². The van der Waals surface area contributed by atoms with Crippen molar-refractivity contribution in [3.63, 3.8) is 0 Å². The van der Waals surface area contributed by atoms with Crippen LogP contribution >= 0.6 is 0 Å². The number of hydrogen-bond donors (Lipinski definition) is 1. The minimum Gasteiger partial charge on any atom is -0.502 e.